The Hall–Kier alpha value is -4.29. The first kappa shape index (κ1) is 101. The molecule has 14 N–H and O–H groups in total. The number of ketones is 4. The van der Waals surface area contributed by atoms with Crippen LogP contribution in [0.2, 0.25) is 0 Å². The van der Waals surface area contributed by atoms with Crippen LogP contribution in [0, 0.1) is 0 Å². The zero-order valence-electron chi connectivity index (χ0n) is 65.8. The van der Waals surface area contributed by atoms with Crippen LogP contribution in [-0.2, 0) is 38.4 Å². The molecule has 0 aliphatic carbocycles. The van der Waals surface area contributed by atoms with Crippen LogP contribution in [0.3, 0.4) is 0 Å². The largest absolute Gasteiger partial charge is 0.370 e. The first-order chi connectivity index (χ1) is 48.0. The Bertz CT molecular complexity index is 1900. The molecule has 0 aromatic rings. The molecule has 0 bridgehead atoms. The highest BCUT2D eigenvalue weighted by Gasteiger charge is 2.22. The van der Waals surface area contributed by atoms with Gasteiger partial charge in [0.25, 0.3) is 0 Å². The minimum Gasteiger partial charge on any atom is -0.370 e. The van der Waals surface area contributed by atoms with E-state index in [2.05, 4.69) is 54.0 Å². The van der Waals surface area contributed by atoms with E-state index >= 15 is 0 Å². The van der Waals surface area contributed by atoms with Gasteiger partial charge in [0.2, 0.25) is 23.6 Å². The maximum Gasteiger partial charge on any atom is 0.220 e. The molecule has 18 nitrogen and oxygen atoms in total. The summed E-state index contributed by atoms with van der Waals surface area (Å²) in [6, 6.07) is -1.51. The number of nitrogens with zero attached hydrogens (tertiary/aromatic N) is 1. The summed E-state index contributed by atoms with van der Waals surface area (Å²) in [6.45, 7) is 18.8. The van der Waals surface area contributed by atoms with Crippen molar-refractivity contribution < 1.29 is 38.4 Å². The zero-order valence-corrected chi connectivity index (χ0v) is 65.8. The topological polar surface area (TPSA) is 327 Å². The summed E-state index contributed by atoms with van der Waals surface area (Å²) in [7, 11) is 0. The van der Waals surface area contributed by atoms with Crippen LogP contribution >= 0.6 is 0 Å². The van der Waals surface area contributed by atoms with Crippen LogP contribution in [-0.4, -0.2) is 103 Å². The molecule has 18 heteroatoms. The molecular weight excluding hydrogens is 1240 g/mol. The molecule has 0 aromatic carbocycles. The van der Waals surface area contributed by atoms with Crippen molar-refractivity contribution >= 4 is 52.7 Å². The summed E-state index contributed by atoms with van der Waals surface area (Å²) >= 11 is 0. The van der Waals surface area contributed by atoms with E-state index in [9.17, 15) is 38.4 Å². The minimum absolute atomic E-state index is 0.00150. The standard InChI is InChI=1S/C22H44N4O2.C21H42N2O2.C20H40N2O2.C18H36N2O2/c1-3-5-6-7-8-9-10-11-12-17-21(28)26-19(20(27)15-4-2)16-13-14-18-25-22(23)24;1-3-5-6-7-8-9-10-11-12-17-21(25)23-19(16-13-14-18-22)20(24)15-4-2;1-3-5-6-7-8-9-10-11-12-16-20(24)22-18(15-13-17-21)19(23)14-4-2;1-3-5-6-7-8-9-10-11-12-14-18(22)20-16(15-19)17(21)13-4-2/h19H,3-18H2,1-2H3,(H,26,28)(H4,23,24,25);19H,3-18,22H2,1-2H3,(H,23,25);18H,3-17,21H2,1-2H3,(H,22,24);16H,3-15,19H2,1-2H3,(H,20,22). The maximum absolute atomic E-state index is 12.3. The number of aliphatic imine (C=N–C) groups is 1. The number of nitrogens with two attached hydrogens (primary N) is 5. The lowest BCUT2D eigenvalue weighted by atomic mass is 10.0. The van der Waals surface area contributed by atoms with Gasteiger partial charge < -0.3 is 49.9 Å². The van der Waals surface area contributed by atoms with Crippen molar-refractivity contribution in [3.63, 3.8) is 0 Å². The first-order valence-corrected chi connectivity index (χ1v) is 41.4. The van der Waals surface area contributed by atoms with Crippen molar-refractivity contribution in [2.24, 2.45) is 33.7 Å². The van der Waals surface area contributed by atoms with E-state index in [0.29, 0.717) is 83.8 Å². The second kappa shape index (κ2) is 81.0. The fourth-order valence-electron chi connectivity index (χ4n) is 11.8. The van der Waals surface area contributed by atoms with Crippen LogP contribution in [0.25, 0.3) is 0 Å². The highest BCUT2D eigenvalue weighted by molar-refractivity contribution is 5.91. The van der Waals surface area contributed by atoms with E-state index in [0.717, 1.165) is 116 Å². The van der Waals surface area contributed by atoms with E-state index in [1.165, 1.54) is 180 Å². The highest BCUT2D eigenvalue weighted by atomic mass is 16.2. The van der Waals surface area contributed by atoms with Crippen molar-refractivity contribution in [1.29, 1.82) is 0 Å². The summed E-state index contributed by atoms with van der Waals surface area (Å²) < 4.78 is 0. The molecule has 0 aromatic heterocycles. The van der Waals surface area contributed by atoms with Gasteiger partial charge in [0.05, 0.1) is 24.2 Å². The highest BCUT2D eigenvalue weighted by Crippen LogP contribution is 2.16. The van der Waals surface area contributed by atoms with Crippen molar-refractivity contribution in [3.05, 3.63) is 0 Å². The van der Waals surface area contributed by atoms with Crippen LogP contribution in [0.4, 0.5) is 0 Å². The lowest BCUT2D eigenvalue weighted by Gasteiger charge is -2.17. The third-order valence-corrected chi connectivity index (χ3v) is 18.0. The van der Waals surface area contributed by atoms with Gasteiger partial charge in [-0.15, -0.1) is 0 Å². The molecule has 0 saturated heterocycles. The van der Waals surface area contributed by atoms with Gasteiger partial charge in [-0.1, -0.05) is 261 Å². The normalized spacial score (nSPS) is 12.0. The van der Waals surface area contributed by atoms with E-state index < -0.39 is 6.04 Å². The summed E-state index contributed by atoms with van der Waals surface area (Å²) in [5.74, 6) is 0.591. The van der Waals surface area contributed by atoms with Crippen LogP contribution < -0.4 is 49.9 Å². The number of amides is 4. The van der Waals surface area contributed by atoms with Gasteiger partial charge in [-0.05, 0) is 116 Å². The predicted octanol–water partition coefficient (Wildman–Crippen LogP) is 17.3. The Morgan fingerprint density at radius 1 is 0.253 bits per heavy atom. The van der Waals surface area contributed by atoms with E-state index in [1.54, 1.807) is 0 Å². The first-order valence-electron chi connectivity index (χ1n) is 41.4. The molecule has 4 atom stereocenters. The Balaban J connectivity index is -0.000000610. The number of hydrogen-bond donors (Lipinski definition) is 9. The van der Waals surface area contributed by atoms with Crippen molar-refractivity contribution in [2.45, 2.75) is 439 Å². The smallest absolute Gasteiger partial charge is 0.220 e. The summed E-state index contributed by atoms with van der Waals surface area (Å²) in [5, 5.41) is 11.6. The van der Waals surface area contributed by atoms with Crippen molar-refractivity contribution in [2.75, 3.05) is 26.2 Å². The van der Waals surface area contributed by atoms with Gasteiger partial charge >= 0.3 is 0 Å². The molecule has 0 fully saturated rings. The van der Waals surface area contributed by atoms with Crippen LogP contribution in [0.5, 0.6) is 0 Å². The second-order valence-electron chi connectivity index (χ2n) is 27.9. The van der Waals surface area contributed by atoms with Crippen LogP contribution in [0.1, 0.15) is 415 Å². The predicted molar refractivity (Wildman–Crippen MR) is 420 cm³/mol. The number of nitrogens with one attached hydrogen (secondary N) is 4. The Morgan fingerprint density at radius 3 is 0.707 bits per heavy atom. The van der Waals surface area contributed by atoms with Gasteiger partial charge in [0.1, 0.15) is 0 Å². The minimum atomic E-state index is -0.494. The SMILES string of the molecule is CCCCCCCCCCCC(=O)NC(CCCCN)C(=O)CCC.CCCCCCCCCCCC(=O)NC(CCCCN=C(N)N)C(=O)CCC.CCCCCCCCCCCC(=O)NC(CCCN)C(=O)CCC.CCCCCCCCCCCC(=O)NC(CN)C(=O)CCC. The van der Waals surface area contributed by atoms with Gasteiger partial charge in [-0.3, -0.25) is 43.3 Å². The van der Waals surface area contributed by atoms with Crippen LogP contribution in [0.15, 0.2) is 4.99 Å². The lowest BCUT2D eigenvalue weighted by molar-refractivity contribution is -0.128. The van der Waals surface area contributed by atoms with Gasteiger partial charge in [-0.25, -0.2) is 0 Å². The molecule has 0 heterocycles. The van der Waals surface area contributed by atoms with Crippen molar-refractivity contribution in [3.8, 4) is 0 Å². The molecule has 0 rings (SSSR count). The molecule has 584 valence electrons. The van der Waals surface area contributed by atoms with E-state index in [-0.39, 0.29) is 77.4 Å². The molecule has 4 amide bonds. The number of guanidine groups is 1. The third kappa shape index (κ3) is 74.7. The average molecular weight is 1400 g/mol. The molecule has 0 aliphatic heterocycles. The molecule has 0 saturated carbocycles. The molecular formula is C81H162N10O8. The number of rotatable bonds is 69. The Kier molecular flexibility index (Phi) is 82.7. The molecule has 0 aliphatic rings. The fraction of sp³-hybridized carbons (Fsp3) is 0.889. The zero-order chi connectivity index (χ0) is 74.5. The van der Waals surface area contributed by atoms with E-state index in [1.807, 2.05) is 27.7 Å². The molecule has 99 heavy (non-hydrogen) atoms. The van der Waals surface area contributed by atoms with Gasteiger partial charge in [0.15, 0.2) is 29.1 Å². The lowest BCUT2D eigenvalue weighted by Crippen LogP contribution is -2.45. The van der Waals surface area contributed by atoms with Crippen molar-refractivity contribution in [1.82, 2.24) is 21.3 Å². The summed E-state index contributed by atoms with van der Waals surface area (Å²) in [6.07, 6.45) is 58.2. The summed E-state index contributed by atoms with van der Waals surface area (Å²) in [4.78, 5) is 100. The van der Waals surface area contributed by atoms with Gasteiger partial charge in [-0.2, -0.15) is 0 Å². The quantitative estimate of drug-likeness (QED) is 0.0156. The van der Waals surface area contributed by atoms with E-state index in [4.69, 9.17) is 28.7 Å². The second-order valence-corrected chi connectivity index (χ2v) is 27.9. The summed E-state index contributed by atoms with van der Waals surface area (Å²) in [5.41, 5.74) is 27.2. The molecule has 4 unspecified atom stereocenters. The Morgan fingerprint density at radius 2 is 0.475 bits per heavy atom. The fourth-order valence-corrected chi connectivity index (χ4v) is 11.8. The average Bonchev–Trinajstić information content (AvgIpc) is 1.05. The number of carbonyl (C=O) groups is 8. The number of hydrogen-bond acceptors (Lipinski definition) is 12. The monoisotopic (exact) mass is 1400 g/mol. The third-order valence-electron chi connectivity index (χ3n) is 18.0. The Labute approximate surface area is 608 Å². The maximum atomic E-state index is 12.3. The molecule has 0 radical (unpaired) electrons. The van der Waals surface area contributed by atoms with Gasteiger partial charge in [0, 0.05) is 64.5 Å². The number of unbranched alkanes of at least 4 members (excludes halogenated alkanes) is 34. The molecule has 0 spiro atoms. The number of Topliss-reactive ketones (excluding diaryl/α,β-unsaturated/α-hetero) is 4. The number of carbonyl (C=O) groups excluding carboxylic acids is 8.